The number of fused-ring (bicyclic) bond motifs is 3. The molecule has 1 atom stereocenters. The van der Waals surface area contributed by atoms with Gasteiger partial charge in [0.2, 0.25) is 5.91 Å². The maximum atomic E-state index is 13.0. The Balaban J connectivity index is 1.54. The van der Waals surface area contributed by atoms with Crippen LogP contribution in [0.25, 0.3) is 10.2 Å². The number of rotatable bonds is 5. The van der Waals surface area contributed by atoms with Crippen LogP contribution in [0.1, 0.15) is 41.1 Å². The molecule has 2 aromatic heterocycles. The zero-order chi connectivity index (χ0) is 21.3. The summed E-state index contributed by atoms with van der Waals surface area (Å²) in [5, 5.41) is 11.4. The second kappa shape index (κ2) is 8.35. The number of carbonyl (C=O) groups excluding carboxylic acids is 2. The van der Waals surface area contributed by atoms with Crippen molar-refractivity contribution >= 4 is 39.1 Å². The fraction of sp³-hybridized carbons (Fsp3) is 0.381. The molecule has 1 amide bonds. The molecule has 1 aliphatic rings. The van der Waals surface area contributed by atoms with Crippen LogP contribution in [-0.2, 0) is 28.9 Å². The Bertz CT molecular complexity index is 1180. The monoisotopic (exact) mass is 426 g/mol. The van der Waals surface area contributed by atoms with Gasteiger partial charge in [-0.25, -0.2) is 9.48 Å². The predicted molar refractivity (Wildman–Crippen MR) is 114 cm³/mol. The van der Waals surface area contributed by atoms with E-state index in [1.54, 1.807) is 25.1 Å². The van der Waals surface area contributed by atoms with Gasteiger partial charge in [0.05, 0.1) is 17.6 Å². The minimum Gasteiger partial charge on any atom is -0.462 e. The molecule has 8 nitrogen and oxygen atoms in total. The summed E-state index contributed by atoms with van der Waals surface area (Å²) in [5.41, 5.74) is 1.55. The van der Waals surface area contributed by atoms with Crippen LogP contribution in [-0.4, -0.2) is 33.5 Å². The lowest BCUT2D eigenvalue weighted by Crippen LogP contribution is -2.30. The smallest absolute Gasteiger partial charge is 0.338 e. The van der Waals surface area contributed by atoms with Gasteiger partial charge in [-0.2, -0.15) is 0 Å². The van der Waals surface area contributed by atoms with Crippen molar-refractivity contribution in [1.82, 2.24) is 15.0 Å². The van der Waals surface area contributed by atoms with Crippen LogP contribution in [0.15, 0.2) is 29.1 Å². The molecule has 0 saturated heterocycles. The summed E-state index contributed by atoms with van der Waals surface area (Å²) in [6, 6.07) is 6.45. The summed E-state index contributed by atoms with van der Waals surface area (Å²) in [4.78, 5) is 39.2. The van der Waals surface area contributed by atoms with E-state index in [4.69, 9.17) is 4.74 Å². The number of thiophene rings is 1. The van der Waals surface area contributed by atoms with Crippen LogP contribution in [0.4, 0.5) is 5.69 Å². The number of aryl methyl sites for hydroxylation is 1. The molecule has 1 N–H and O–H groups in total. The van der Waals surface area contributed by atoms with E-state index in [0.29, 0.717) is 27.4 Å². The number of carbonyl (C=O) groups is 2. The summed E-state index contributed by atoms with van der Waals surface area (Å²) < 4.78 is 6.07. The zero-order valence-electron chi connectivity index (χ0n) is 16.8. The van der Waals surface area contributed by atoms with Gasteiger partial charge in [-0.1, -0.05) is 18.2 Å². The van der Waals surface area contributed by atoms with Gasteiger partial charge >= 0.3 is 5.97 Å². The van der Waals surface area contributed by atoms with Crippen molar-refractivity contribution in [3.8, 4) is 0 Å². The Morgan fingerprint density at radius 3 is 3.00 bits per heavy atom. The average Bonchev–Trinajstić information content (AvgIpc) is 3.08. The van der Waals surface area contributed by atoms with Crippen molar-refractivity contribution in [2.45, 2.75) is 39.7 Å². The topological polar surface area (TPSA) is 103 Å². The summed E-state index contributed by atoms with van der Waals surface area (Å²) in [5.74, 6) is -0.293. The largest absolute Gasteiger partial charge is 0.462 e. The van der Waals surface area contributed by atoms with E-state index >= 15 is 0 Å². The van der Waals surface area contributed by atoms with Gasteiger partial charge in [0.15, 0.2) is 4.83 Å². The maximum Gasteiger partial charge on any atom is 0.338 e. The number of benzene rings is 1. The van der Waals surface area contributed by atoms with Gasteiger partial charge in [0.25, 0.3) is 5.56 Å². The number of nitrogens with one attached hydrogen (secondary N) is 1. The van der Waals surface area contributed by atoms with E-state index in [9.17, 15) is 14.4 Å². The lowest BCUT2D eigenvalue weighted by atomic mass is 9.89. The molecule has 0 saturated carbocycles. The fourth-order valence-corrected chi connectivity index (χ4v) is 4.99. The molecule has 0 unspecified atom stereocenters. The molecule has 9 heteroatoms. The second-order valence-electron chi connectivity index (χ2n) is 7.43. The Labute approximate surface area is 176 Å². The Kier molecular flexibility index (Phi) is 5.63. The maximum absolute atomic E-state index is 13.0. The van der Waals surface area contributed by atoms with Crippen molar-refractivity contribution in [3.63, 3.8) is 0 Å². The summed E-state index contributed by atoms with van der Waals surface area (Å²) >= 11 is 1.52. The third-order valence-electron chi connectivity index (χ3n) is 5.14. The number of esters is 1. The molecule has 2 heterocycles. The molecular weight excluding hydrogens is 404 g/mol. The number of amides is 1. The zero-order valence-corrected chi connectivity index (χ0v) is 17.6. The van der Waals surface area contributed by atoms with E-state index in [0.717, 1.165) is 29.5 Å². The highest BCUT2D eigenvalue weighted by Crippen LogP contribution is 2.35. The lowest BCUT2D eigenvalue weighted by Gasteiger charge is -2.17. The normalized spacial score (nSPS) is 15.6. The van der Waals surface area contributed by atoms with Crippen molar-refractivity contribution in [3.05, 3.63) is 50.6 Å². The number of hydrogen-bond donors (Lipinski definition) is 1. The van der Waals surface area contributed by atoms with E-state index in [-0.39, 0.29) is 18.7 Å². The first kappa shape index (κ1) is 20.2. The van der Waals surface area contributed by atoms with Crippen LogP contribution in [0, 0.1) is 5.92 Å². The minimum atomic E-state index is -0.460. The highest BCUT2D eigenvalue weighted by Gasteiger charge is 2.24. The van der Waals surface area contributed by atoms with Gasteiger partial charge in [-0.15, -0.1) is 16.4 Å². The molecule has 0 aliphatic heterocycles. The number of nitrogens with zero attached hydrogens (tertiary/aromatic N) is 3. The molecule has 4 rings (SSSR count). The molecule has 1 aliphatic carbocycles. The van der Waals surface area contributed by atoms with Crippen molar-refractivity contribution in [2.75, 3.05) is 11.9 Å². The van der Waals surface area contributed by atoms with Crippen LogP contribution < -0.4 is 10.9 Å². The molecule has 0 fully saturated rings. The van der Waals surface area contributed by atoms with E-state index in [2.05, 4.69) is 22.6 Å². The number of aromatic nitrogens is 3. The lowest BCUT2D eigenvalue weighted by molar-refractivity contribution is -0.117. The highest BCUT2D eigenvalue weighted by atomic mass is 32.1. The SMILES string of the molecule is CCOC(=O)c1cccc(NC(=O)Cn2nnc3sc4c(c3c2=O)CC[C@H](C)C4)c1. The van der Waals surface area contributed by atoms with Crippen LogP contribution >= 0.6 is 11.3 Å². The van der Waals surface area contributed by atoms with E-state index < -0.39 is 11.9 Å². The molecule has 156 valence electrons. The molecule has 30 heavy (non-hydrogen) atoms. The molecule has 0 spiro atoms. The van der Waals surface area contributed by atoms with E-state index in [1.165, 1.54) is 22.3 Å². The summed E-state index contributed by atoms with van der Waals surface area (Å²) in [6.07, 6.45) is 2.84. The third-order valence-corrected chi connectivity index (χ3v) is 6.27. The van der Waals surface area contributed by atoms with Gasteiger partial charge in [0, 0.05) is 10.6 Å². The molecule has 0 bridgehead atoms. The predicted octanol–water partition coefficient (Wildman–Crippen LogP) is 2.79. The molecule has 1 aromatic carbocycles. The standard InChI is InChI=1S/C21H22N4O4S/c1-3-29-21(28)13-5-4-6-14(10-13)22-17(26)11-25-20(27)18-15-8-7-12(2)9-16(15)30-19(18)23-24-25/h4-6,10,12H,3,7-9,11H2,1-2H3,(H,22,26)/t12-/m0/s1. The first-order chi connectivity index (χ1) is 14.5. The molecule has 3 aromatic rings. The quantitative estimate of drug-likeness (QED) is 0.629. The molecular formula is C21H22N4O4S. The van der Waals surface area contributed by atoms with Gasteiger partial charge in [-0.05, 0) is 55.9 Å². The fourth-order valence-electron chi connectivity index (χ4n) is 3.67. The van der Waals surface area contributed by atoms with Crippen LogP contribution in [0.5, 0.6) is 0 Å². The van der Waals surface area contributed by atoms with Crippen LogP contribution in [0.2, 0.25) is 0 Å². The van der Waals surface area contributed by atoms with Crippen molar-refractivity contribution < 1.29 is 14.3 Å². The summed E-state index contributed by atoms with van der Waals surface area (Å²) in [7, 11) is 0. The first-order valence-corrected chi connectivity index (χ1v) is 10.7. The highest BCUT2D eigenvalue weighted by molar-refractivity contribution is 7.18. The Morgan fingerprint density at radius 2 is 2.20 bits per heavy atom. The first-order valence-electron chi connectivity index (χ1n) is 9.91. The molecule has 0 radical (unpaired) electrons. The average molecular weight is 426 g/mol. The second-order valence-corrected chi connectivity index (χ2v) is 8.52. The van der Waals surface area contributed by atoms with Crippen molar-refractivity contribution in [1.29, 1.82) is 0 Å². The van der Waals surface area contributed by atoms with Gasteiger partial charge < -0.3 is 10.1 Å². The van der Waals surface area contributed by atoms with Crippen molar-refractivity contribution in [2.24, 2.45) is 5.92 Å². The third kappa shape index (κ3) is 3.97. The van der Waals surface area contributed by atoms with Crippen LogP contribution in [0.3, 0.4) is 0 Å². The number of hydrogen-bond acceptors (Lipinski definition) is 7. The Hall–Kier alpha value is -3.07. The Morgan fingerprint density at radius 1 is 1.37 bits per heavy atom. The van der Waals surface area contributed by atoms with Gasteiger partial charge in [-0.3, -0.25) is 9.59 Å². The van der Waals surface area contributed by atoms with Gasteiger partial charge in [0.1, 0.15) is 6.54 Å². The minimum absolute atomic E-state index is 0.258. The summed E-state index contributed by atoms with van der Waals surface area (Å²) in [6.45, 7) is 3.94. The number of ether oxygens (including phenoxy) is 1. The number of anilines is 1. The van der Waals surface area contributed by atoms with E-state index in [1.807, 2.05) is 0 Å².